The van der Waals surface area contributed by atoms with E-state index < -0.39 is 0 Å². The van der Waals surface area contributed by atoms with Gasteiger partial charge in [-0.15, -0.1) is 0 Å². The van der Waals surface area contributed by atoms with E-state index in [1.54, 1.807) is 6.20 Å². The summed E-state index contributed by atoms with van der Waals surface area (Å²) < 4.78 is 0. The first kappa shape index (κ1) is 7.28. The molecule has 1 N–H and O–H groups in total. The molecule has 1 fully saturated rings. The van der Waals surface area contributed by atoms with Crippen molar-refractivity contribution < 1.29 is 0 Å². The van der Waals surface area contributed by atoms with Crippen LogP contribution in [0.25, 0.3) is 0 Å². The van der Waals surface area contributed by atoms with Crippen LogP contribution in [0.2, 0.25) is 0 Å². The zero-order valence-electron chi connectivity index (χ0n) is 6.30. The van der Waals surface area contributed by atoms with Crippen LogP contribution in [0, 0.1) is 0 Å². The maximum Gasteiger partial charge on any atom is 0.118 e. The quantitative estimate of drug-likeness (QED) is 0.556. The van der Waals surface area contributed by atoms with Gasteiger partial charge in [-0.3, -0.25) is 0 Å². The molecule has 3 heteroatoms. The summed E-state index contributed by atoms with van der Waals surface area (Å²) in [5, 5.41) is 3.23. The van der Waals surface area contributed by atoms with Crippen LogP contribution in [-0.2, 0) is 0 Å². The van der Waals surface area contributed by atoms with Crippen molar-refractivity contribution in [2.75, 3.05) is 26.7 Å². The lowest BCUT2D eigenvalue weighted by atomic mass is 10.4. The first-order valence-electron chi connectivity index (χ1n) is 3.44. The molecule has 1 aliphatic rings. The highest BCUT2D eigenvalue weighted by atomic mass is 15.2. The second-order valence-corrected chi connectivity index (χ2v) is 2.33. The van der Waals surface area contributed by atoms with E-state index in [4.69, 9.17) is 0 Å². The topological polar surface area (TPSA) is 27.6 Å². The standard InChI is InChI=1S/C7H13N3/c1-3-9-7-6-8-4-5-10(7)2/h3,8H,1,4-6H2,2H3. The lowest BCUT2D eigenvalue weighted by molar-refractivity contribution is 0.446. The van der Waals surface area contributed by atoms with Gasteiger partial charge in [-0.05, 0) is 0 Å². The van der Waals surface area contributed by atoms with Crippen molar-refractivity contribution in [1.29, 1.82) is 0 Å². The van der Waals surface area contributed by atoms with Crippen LogP contribution in [0.3, 0.4) is 0 Å². The second-order valence-electron chi connectivity index (χ2n) is 2.33. The fourth-order valence-electron chi connectivity index (χ4n) is 0.961. The molecule has 0 unspecified atom stereocenters. The van der Waals surface area contributed by atoms with Crippen LogP contribution >= 0.6 is 0 Å². The first-order valence-corrected chi connectivity index (χ1v) is 3.44. The van der Waals surface area contributed by atoms with Crippen molar-refractivity contribution in [3.63, 3.8) is 0 Å². The number of amidine groups is 1. The minimum absolute atomic E-state index is 0.864. The molecule has 0 amide bonds. The molecule has 0 aliphatic carbocycles. The Morgan fingerprint density at radius 1 is 1.80 bits per heavy atom. The SMILES string of the molecule is C=CN=C1CNCCN1C. The molecule has 0 aromatic rings. The van der Waals surface area contributed by atoms with Gasteiger partial charge in [0, 0.05) is 26.3 Å². The maximum atomic E-state index is 4.11. The third kappa shape index (κ3) is 1.57. The van der Waals surface area contributed by atoms with E-state index in [1.807, 2.05) is 7.05 Å². The minimum atomic E-state index is 0.864. The Labute approximate surface area is 61.4 Å². The van der Waals surface area contributed by atoms with Crippen molar-refractivity contribution >= 4 is 5.84 Å². The van der Waals surface area contributed by atoms with Crippen LogP contribution in [-0.4, -0.2) is 37.4 Å². The van der Waals surface area contributed by atoms with Gasteiger partial charge >= 0.3 is 0 Å². The summed E-state index contributed by atoms with van der Waals surface area (Å²) in [6.07, 6.45) is 1.58. The van der Waals surface area contributed by atoms with E-state index in [-0.39, 0.29) is 0 Å². The molecule has 0 aromatic carbocycles. The van der Waals surface area contributed by atoms with Gasteiger partial charge in [-0.25, -0.2) is 4.99 Å². The number of hydrogen-bond acceptors (Lipinski definition) is 2. The van der Waals surface area contributed by atoms with Gasteiger partial charge in [0.15, 0.2) is 0 Å². The number of likely N-dealkylation sites (N-methyl/N-ethyl adjacent to an activating group) is 1. The van der Waals surface area contributed by atoms with Gasteiger partial charge in [0.2, 0.25) is 0 Å². The molecule has 0 radical (unpaired) electrons. The predicted octanol–water partition coefficient (Wildman–Crippen LogP) is 0.0634. The van der Waals surface area contributed by atoms with E-state index in [0.29, 0.717) is 0 Å². The summed E-state index contributed by atoms with van der Waals surface area (Å²) in [5.41, 5.74) is 0. The molecule has 1 heterocycles. The normalized spacial score (nSPS) is 23.3. The first-order chi connectivity index (χ1) is 4.84. The van der Waals surface area contributed by atoms with Crippen molar-refractivity contribution in [3.8, 4) is 0 Å². The zero-order valence-corrected chi connectivity index (χ0v) is 6.30. The Balaban J connectivity index is 2.55. The molecule has 1 saturated heterocycles. The molecule has 0 bridgehead atoms. The van der Waals surface area contributed by atoms with Crippen molar-refractivity contribution in [3.05, 3.63) is 12.8 Å². The van der Waals surface area contributed by atoms with Crippen molar-refractivity contribution in [2.45, 2.75) is 0 Å². The van der Waals surface area contributed by atoms with Crippen LogP contribution in [0.15, 0.2) is 17.8 Å². The number of hydrogen-bond donors (Lipinski definition) is 1. The molecular weight excluding hydrogens is 126 g/mol. The Morgan fingerprint density at radius 3 is 3.20 bits per heavy atom. The molecule has 3 nitrogen and oxygen atoms in total. The van der Waals surface area contributed by atoms with E-state index in [0.717, 1.165) is 25.5 Å². The Kier molecular flexibility index (Phi) is 2.45. The number of rotatable bonds is 1. The number of nitrogens with one attached hydrogen (secondary N) is 1. The lowest BCUT2D eigenvalue weighted by Gasteiger charge is -2.26. The molecular formula is C7H13N3. The molecule has 10 heavy (non-hydrogen) atoms. The van der Waals surface area contributed by atoms with Gasteiger partial charge in [-0.2, -0.15) is 0 Å². The van der Waals surface area contributed by atoms with Crippen LogP contribution < -0.4 is 5.32 Å². The lowest BCUT2D eigenvalue weighted by Crippen LogP contribution is -2.45. The molecule has 1 rings (SSSR count). The number of piperazine rings is 1. The second kappa shape index (κ2) is 3.37. The fourth-order valence-corrected chi connectivity index (χ4v) is 0.961. The van der Waals surface area contributed by atoms with E-state index >= 15 is 0 Å². The number of aliphatic imine (C=N–C) groups is 1. The predicted molar refractivity (Wildman–Crippen MR) is 43.1 cm³/mol. The van der Waals surface area contributed by atoms with Gasteiger partial charge in [0.25, 0.3) is 0 Å². The largest absolute Gasteiger partial charge is 0.361 e. The third-order valence-corrected chi connectivity index (χ3v) is 1.59. The maximum absolute atomic E-state index is 4.11. The van der Waals surface area contributed by atoms with Crippen molar-refractivity contribution in [1.82, 2.24) is 10.2 Å². The van der Waals surface area contributed by atoms with E-state index in [9.17, 15) is 0 Å². The molecule has 0 spiro atoms. The molecule has 1 aliphatic heterocycles. The average Bonchev–Trinajstić information content (AvgIpc) is 1.94. The highest BCUT2D eigenvalue weighted by molar-refractivity contribution is 5.85. The average molecular weight is 139 g/mol. The highest BCUT2D eigenvalue weighted by Crippen LogP contribution is 1.91. The Hall–Kier alpha value is -0.830. The molecule has 0 atom stereocenters. The summed E-state index contributed by atoms with van der Waals surface area (Å²) >= 11 is 0. The summed E-state index contributed by atoms with van der Waals surface area (Å²) in [4.78, 5) is 6.25. The molecule has 56 valence electrons. The summed E-state index contributed by atoms with van der Waals surface area (Å²) in [5.74, 6) is 1.07. The minimum Gasteiger partial charge on any atom is -0.361 e. The Bertz CT molecular complexity index is 151. The molecule has 0 aromatic heterocycles. The van der Waals surface area contributed by atoms with Crippen molar-refractivity contribution in [2.24, 2.45) is 4.99 Å². The van der Waals surface area contributed by atoms with Gasteiger partial charge < -0.3 is 10.2 Å². The number of nitrogens with zero attached hydrogens (tertiary/aromatic N) is 2. The van der Waals surface area contributed by atoms with Crippen LogP contribution in [0.1, 0.15) is 0 Å². The van der Waals surface area contributed by atoms with Gasteiger partial charge in [-0.1, -0.05) is 6.58 Å². The smallest absolute Gasteiger partial charge is 0.118 e. The molecule has 0 saturated carbocycles. The van der Waals surface area contributed by atoms with Crippen LogP contribution in [0.4, 0.5) is 0 Å². The summed E-state index contributed by atoms with van der Waals surface area (Å²) in [7, 11) is 2.04. The highest BCUT2D eigenvalue weighted by Gasteiger charge is 2.09. The van der Waals surface area contributed by atoms with Crippen LogP contribution in [0.5, 0.6) is 0 Å². The zero-order chi connectivity index (χ0) is 7.40. The Morgan fingerprint density at radius 2 is 2.60 bits per heavy atom. The monoisotopic (exact) mass is 139 g/mol. The van der Waals surface area contributed by atoms with Gasteiger partial charge in [0.05, 0.1) is 6.54 Å². The summed E-state index contributed by atoms with van der Waals surface area (Å²) in [6, 6.07) is 0. The fraction of sp³-hybridized carbons (Fsp3) is 0.571. The third-order valence-electron chi connectivity index (χ3n) is 1.59. The van der Waals surface area contributed by atoms with E-state index in [1.165, 1.54) is 0 Å². The van der Waals surface area contributed by atoms with Gasteiger partial charge in [0.1, 0.15) is 5.84 Å². The van der Waals surface area contributed by atoms with E-state index in [2.05, 4.69) is 21.8 Å². The summed E-state index contributed by atoms with van der Waals surface area (Å²) in [6.45, 7) is 6.49.